The second kappa shape index (κ2) is 10.1. The third-order valence-corrected chi connectivity index (χ3v) is 7.88. The summed E-state index contributed by atoms with van der Waals surface area (Å²) in [6.45, 7) is 1.66. The Kier molecular flexibility index (Phi) is 6.83. The zero-order chi connectivity index (χ0) is 27.1. The molecule has 0 unspecified atom stereocenters. The molecule has 0 aliphatic rings. The fraction of sp³-hybridized carbons (Fsp3) is 0.0741. The van der Waals surface area contributed by atoms with Crippen molar-refractivity contribution in [2.24, 2.45) is 0 Å². The van der Waals surface area contributed by atoms with Gasteiger partial charge < -0.3 is 5.11 Å². The summed E-state index contributed by atoms with van der Waals surface area (Å²) in [5.41, 5.74) is 2.36. The van der Waals surface area contributed by atoms with Crippen LogP contribution in [0, 0.1) is 30.1 Å². The molecule has 0 aliphatic carbocycles. The number of hydrogen-bond acceptors (Lipinski definition) is 6. The van der Waals surface area contributed by atoms with Gasteiger partial charge >= 0.3 is 5.97 Å². The molecule has 0 fully saturated rings. The molecule has 0 saturated heterocycles. The van der Waals surface area contributed by atoms with E-state index in [0.717, 1.165) is 5.56 Å². The van der Waals surface area contributed by atoms with Crippen LogP contribution in [-0.2, 0) is 6.54 Å². The molecule has 11 heteroatoms. The number of carbonyl (C=O) groups is 1. The fourth-order valence-corrected chi connectivity index (χ4v) is 5.67. The van der Waals surface area contributed by atoms with Gasteiger partial charge in [-0.2, -0.15) is 5.26 Å². The number of carboxylic acid groups (broad SMARTS) is 1. The number of benzene rings is 2. The quantitative estimate of drug-likeness (QED) is 0.242. The minimum absolute atomic E-state index is 0.00356. The van der Waals surface area contributed by atoms with Crippen molar-refractivity contribution in [2.45, 2.75) is 13.5 Å². The third-order valence-electron chi connectivity index (χ3n) is 5.86. The highest BCUT2D eigenvalue weighted by Crippen LogP contribution is 2.36. The van der Waals surface area contributed by atoms with Gasteiger partial charge in [0.1, 0.15) is 11.9 Å². The third kappa shape index (κ3) is 4.38. The van der Waals surface area contributed by atoms with Gasteiger partial charge in [-0.15, -0.1) is 11.3 Å². The van der Waals surface area contributed by atoms with Crippen LogP contribution in [0.1, 0.15) is 27.3 Å². The normalized spacial score (nSPS) is 10.8. The molecule has 0 aliphatic heterocycles. The molecule has 0 spiro atoms. The van der Waals surface area contributed by atoms with Gasteiger partial charge in [-0.3, -0.25) is 14.3 Å². The zero-order valence-electron chi connectivity index (χ0n) is 19.3. The number of carboxylic acids is 1. The molecule has 0 atom stereocenters. The second-order valence-corrected chi connectivity index (χ2v) is 10.2. The Hall–Kier alpha value is -3.92. The van der Waals surface area contributed by atoms with Crippen molar-refractivity contribution in [3.63, 3.8) is 0 Å². The Morgan fingerprint density at radius 3 is 2.71 bits per heavy atom. The van der Waals surface area contributed by atoms with Gasteiger partial charge in [0.2, 0.25) is 0 Å². The number of rotatable bonds is 3. The first-order valence-corrected chi connectivity index (χ1v) is 12.9. The number of halogens is 3. The van der Waals surface area contributed by atoms with Gasteiger partial charge in [-0.1, -0.05) is 46.6 Å². The molecule has 1 N–H and O–H groups in total. The van der Waals surface area contributed by atoms with Crippen LogP contribution in [0.15, 0.2) is 46.7 Å². The first-order chi connectivity index (χ1) is 18.2. The average Bonchev–Trinajstić information content (AvgIpc) is 3.33. The Bertz CT molecular complexity index is 1980. The van der Waals surface area contributed by atoms with Gasteiger partial charge in [-0.25, -0.2) is 9.78 Å². The van der Waals surface area contributed by atoms with E-state index in [-0.39, 0.29) is 38.6 Å². The number of pyridine rings is 1. The van der Waals surface area contributed by atoms with Crippen LogP contribution >= 0.6 is 46.1 Å². The number of aromatic carboxylic acids is 1. The van der Waals surface area contributed by atoms with Gasteiger partial charge in [0.05, 0.1) is 48.8 Å². The van der Waals surface area contributed by atoms with Crippen molar-refractivity contribution < 1.29 is 9.90 Å². The lowest BCUT2D eigenvalue weighted by Gasteiger charge is -2.10. The van der Waals surface area contributed by atoms with E-state index in [4.69, 9.17) is 34.8 Å². The van der Waals surface area contributed by atoms with Gasteiger partial charge in [-0.05, 0) is 37.3 Å². The Morgan fingerprint density at radius 2 is 1.97 bits per heavy atom. The number of hydrogen-bond donors (Lipinski definition) is 1. The standard InChI is InChI=1S/C27H13Cl3N4O3S/c1-13-33-21-10-20(29)23(30)18(11-31)22(21)26(35)34(13)8-2-3-14-4-5-15(28)9-17(14)16-6-7-32-24-19(27(36)37)12-38-25(16)24/h4-7,9-10,12H,8H2,1H3,(H,36,37). The molecule has 0 radical (unpaired) electrons. The van der Waals surface area contributed by atoms with Gasteiger partial charge in [0, 0.05) is 33.3 Å². The average molecular weight is 580 g/mol. The van der Waals surface area contributed by atoms with Crippen molar-refractivity contribution in [1.29, 1.82) is 5.26 Å². The van der Waals surface area contributed by atoms with Crippen LogP contribution in [0.4, 0.5) is 0 Å². The molecular formula is C27H13Cl3N4O3S. The zero-order valence-corrected chi connectivity index (χ0v) is 22.4. The van der Waals surface area contributed by atoms with Crippen molar-refractivity contribution in [1.82, 2.24) is 14.5 Å². The van der Waals surface area contributed by atoms with E-state index in [1.54, 1.807) is 42.8 Å². The molecule has 0 bridgehead atoms. The summed E-state index contributed by atoms with van der Waals surface area (Å²) in [5.74, 6) is 5.44. The first-order valence-electron chi connectivity index (χ1n) is 10.9. The lowest BCUT2D eigenvalue weighted by atomic mass is 10.00. The first kappa shape index (κ1) is 25.7. The Balaban J connectivity index is 1.61. The lowest BCUT2D eigenvalue weighted by molar-refractivity contribution is 0.0699. The van der Waals surface area contributed by atoms with Crippen molar-refractivity contribution in [2.75, 3.05) is 0 Å². The molecule has 3 aromatic heterocycles. The molecule has 5 rings (SSSR count). The summed E-state index contributed by atoms with van der Waals surface area (Å²) in [4.78, 5) is 33.6. The molecule has 5 aromatic rings. The molecular weight excluding hydrogens is 567 g/mol. The highest BCUT2D eigenvalue weighted by Gasteiger charge is 2.18. The summed E-state index contributed by atoms with van der Waals surface area (Å²) >= 11 is 19.8. The number of fused-ring (bicyclic) bond motifs is 2. The minimum atomic E-state index is -1.06. The van der Waals surface area contributed by atoms with Crippen LogP contribution in [-0.4, -0.2) is 25.6 Å². The highest BCUT2D eigenvalue weighted by atomic mass is 35.5. The molecule has 0 saturated carbocycles. The maximum atomic E-state index is 13.3. The smallest absolute Gasteiger partial charge is 0.338 e. The SMILES string of the molecule is Cc1nc2cc(Cl)c(Cl)c(C#N)c2c(=O)n1CC#Cc1ccc(Cl)cc1-c1ccnc2c(C(=O)O)csc12. The summed E-state index contributed by atoms with van der Waals surface area (Å²) in [5, 5.41) is 21.3. The molecule has 38 heavy (non-hydrogen) atoms. The predicted octanol–water partition coefficient (Wildman–Crippen LogP) is 6.56. The summed E-state index contributed by atoms with van der Waals surface area (Å²) in [6.07, 6.45) is 1.54. The topological polar surface area (TPSA) is 109 Å². The van der Waals surface area contributed by atoms with Crippen molar-refractivity contribution >= 4 is 73.2 Å². The van der Waals surface area contributed by atoms with E-state index in [1.807, 2.05) is 6.07 Å². The van der Waals surface area contributed by atoms with Crippen LogP contribution in [0.5, 0.6) is 0 Å². The second-order valence-electron chi connectivity index (χ2n) is 8.09. The number of aryl methyl sites for hydroxylation is 1. The number of thiophene rings is 1. The summed E-state index contributed by atoms with van der Waals surface area (Å²) in [7, 11) is 0. The number of nitrogens with zero attached hydrogens (tertiary/aromatic N) is 4. The van der Waals surface area contributed by atoms with E-state index in [2.05, 4.69) is 21.8 Å². The van der Waals surface area contributed by atoms with Crippen LogP contribution in [0.25, 0.3) is 32.2 Å². The fourth-order valence-electron chi connectivity index (χ4n) is 4.08. The van der Waals surface area contributed by atoms with Gasteiger partial charge in [0.15, 0.2) is 0 Å². The van der Waals surface area contributed by atoms with E-state index in [1.165, 1.54) is 22.0 Å². The van der Waals surface area contributed by atoms with E-state index < -0.39 is 11.5 Å². The van der Waals surface area contributed by atoms with E-state index in [9.17, 15) is 20.0 Å². The Labute approximate surface area is 234 Å². The highest BCUT2D eigenvalue weighted by molar-refractivity contribution is 7.18. The molecule has 186 valence electrons. The van der Waals surface area contributed by atoms with Crippen LogP contribution in [0.3, 0.4) is 0 Å². The van der Waals surface area contributed by atoms with Crippen LogP contribution < -0.4 is 5.56 Å². The maximum Gasteiger partial charge on any atom is 0.338 e. The van der Waals surface area contributed by atoms with Crippen molar-refractivity contribution in [3.8, 4) is 29.0 Å². The predicted molar refractivity (Wildman–Crippen MR) is 149 cm³/mol. The Morgan fingerprint density at radius 1 is 1.18 bits per heavy atom. The van der Waals surface area contributed by atoms with Crippen molar-refractivity contribution in [3.05, 3.63) is 89.8 Å². The largest absolute Gasteiger partial charge is 0.478 e. The van der Waals surface area contributed by atoms with E-state index >= 15 is 0 Å². The van der Waals surface area contributed by atoms with E-state index in [0.29, 0.717) is 32.2 Å². The maximum absolute atomic E-state index is 13.3. The molecule has 2 aromatic carbocycles. The summed E-state index contributed by atoms with van der Waals surface area (Å²) < 4.78 is 2.06. The summed E-state index contributed by atoms with van der Waals surface area (Å²) in [6, 6.07) is 10.4. The van der Waals surface area contributed by atoms with Crippen LogP contribution in [0.2, 0.25) is 15.1 Å². The van der Waals surface area contributed by atoms with Gasteiger partial charge in [0.25, 0.3) is 5.56 Å². The monoisotopic (exact) mass is 578 g/mol. The molecule has 7 nitrogen and oxygen atoms in total. The lowest BCUT2D eigenvalue weighted by Crippen LogP contribution is -2.24. The molecule has 3 heterocycles. The molecule has 0 amide bonds. The minimum Gasteiger partial charge on any atom is -0.478 e. The number of aromatic nitrogens is 3. The number of nitriles is 1.